The fourth-order valence-electron chi connectivity index (χ4n) is 1.58. The molecule has 2 aromatic heterocycles. The molecule has 0 aliphatic rings. The van der Waals surface area contributed by atoms with Crippen LogP contribution in [0.5, 0.6) is 0 Å². The summed E-state index contributed by atoms with van der Waals surface area (Å²) < 4.78 is 3.11. The summed E-state index contributed by atoms with van der Waals surface area (Å²) in [5.41, 5.74) is 3.54. The van der Waals surface area contributed by atoms with Crippen LogP contribution in [-0.4, -0.2) is 9.55 Å². The van der Waals surface area contributed by atoms with Gasteiger partial charge in [0.25, 0.3) is 0 Å². The van der Waals surface area contributed by atoms with Crippen LogP contribution in [0.2, 0.25) is 0 Å². The molecule has 0 spiro atoms. The number of aromatic nitrogens is 2. The van der Waals surface area contributed by atoms with Gasteiger partial charge in [-0.2, -0.15) is 0 Å². The molecule has 2 nitrogen and oxygen atoms in total. The Balaban J connectivity index is 2.80. The summed E-state index contributed by atoms with van der Waals surface area (Å²) in [4.78, 5) is 4.44. The minimum Gasteiger partial charge on any atom is -0.346 e. The van der Waals surface area contributed by atoms with Gasteiger partial charge in [0, 0.05) is 12.7 Å². The predicted octanol–water partition coefficient (Wildman–Crippen LogP) is 3.13. The van der Waals surface area contributed by atoms with Gasteiger partial charge in [-0.25, -0.2) is 4.98 Å². The van der Waals surface area contributed by atoms with Crippen molar-refractivity contribution in [1.29, 1.82) is 0 Å². The molecule has 0 saturated carbocycles. The lowest BCUT2D eigenvalue weighted by Gasteiger charge is -1.98. The molecule has 0 atom stereocenters. The van der Waals surface area contributed by atoms with E-state index in [0.29, 0.717) is 0 Å². The summed E-state index contributed by atoms with van der Waals surface area (Å²) in [6.45, 7) is 5.22. The van der Waals surface area contributed by atoms with E-state index in [1.54, 1.807) is 0 Å². The third-order valence-electron chi connectivity index (χ3n) is 2.21. The van der Waals surface area contributed by atoms with Gasteiger partial charge in [0.2, 0.25) is 0 Å². The molecule has 0 fully saturated rings. The number of fused-ring (bicyclic) bond motifs is 1. The smallest absolute Gasteiger partial charge is 0.106 e. The first kappa shape index (κ1) is 8.75. The number of nitrogens with zero attached hydrogens (tertiary/aromatic N) is 2. The highest BCUT2D eigenvalue weighted by atomic mass is 79.9. The van der Waals surface area contributed by atoms with Gasteiger partial charge in [-0.1, -0.05) is 0 Å². The minimum absolute atomic E-state index is 0.900. The van der Waals surface area contributed by atoms with Gasteiger partial charge < -0.3 is 4.57 Å². The second kappa shape index (κ2) is 3.14. The molecule has 2 aromatic rings. The van der Waals surface area contributed by atoms with Crippen LogP contribution in [0, 0.1) is 6.92 Å². The van der Waals surface area contributed by atoms with E-state index in [1.807, 2.05) is 6.07 Å². The second-order valence-electron chi connectivity index (χ2n) is 3.10. The number of halogens is 1. The van der Waals surface area contributed by atoms with Crippen molar-refractivity contribution in [2.24, 2.45) is 0 Å². The summed E-state index contributed by atoms with van der Waals surface area (Å²) in [5, 5.41) is 0. The molecule has 0 unspecified atom stereocenters. The van der Waals surface area contributed by atoms with E-state index in [-0.39, 0.29) is 0 Å². The molecule has 3 heteroatoms. The maximum absolute atomic E-state index is 4.44. The molecular weight excluding hydrogens is 228 g/mol. The second-order valence-corrected chi connectivity index (χ2v) is 3.91. The highest BCUT2D eigenvalue weighted by Gasteiger charge is 2.05. The Morgan fingerprint density at radius 2 is 2.23 bits per heavy atom. The van der Waals surface area contributed by atoms with Crippen LogP contribution in [0.1, 0.15) is 12.5 Å². The first-order chi connectivity index (χ1) is 6.22. The molecular formula is C10H11BrN2. The Bertz CT molecular complexity index is 445. The minimum atomic E-state index is 0.900. The first-order valence-corrected chi connectivity index (χ1v) is 5.13. The molecule has 2 heterocycles. The highest BCUT2D eigenvalue weighted by Crippen LogP contribution is 2.20. The maximum atomic E-state index is 4.44. The van der Waals surface area contributed by atoms with Crippen LogP contribution < -0.4 is 0 Å². The molecule has 0 aromatic carbocycles. The summed E-state index contributed by atoms with van der Waals surface area (Å²) >= 11 is 3.38. The number of aryl methyl sites for hydroxylation is 2. The molecule has 13 heavy (non-hydrogen) atoms. The lowest BCUT2D eigenvalue weighted by atomic mass is 10.3. The fourth-order valence-corrected chi connectivity index (χ4v) is 1.89. The van der Waals surface area contributed by atoms with Crippen molar-refractivity contribution < 1.29 is 0 Å². The van der Waals surface area contributed by atoms with Crippen molar-refractivity contribution in [3.05, 3.63) is 28.5 Å². The zero-order chi connectivity index (χ0) is 9.42. The van der Waals surface area contributed by atoms with Crippen LogP contribution in [0.4, 0.5) is 0 Å². The molecule has 0 aliphatic heterocycles. The Labute approximate surface area is 85.7 Å². The van der Waals surface area contributed by atoms with Crippen molar-refractivity contribution in [2.75, 3.05) is 0 Å². The van der Waals surface area contributed by atoms with Crippen molar-refractivity contribution in [3.63, 3.8) is 0 Å². The zero-order valence-electron chi connectivity index (χ0n) is 7.71. The quantitative estimate of drug-likeness (QED) is 0.699. The predicted molar refractivity (Wildman–Crippen MR) is 57.8 cm³/mol. The van der Waals surface area contributed by atoms with Crippen molar-refractivity contribution >= 4 is 27.0 Å². The average Bonchev–Trinajstić information content (AvgIpc) is 2.43. The third kappa shape index (κ3) is 1.37. The van der Waals surface area contributed by atoms with Gasteiger partial charge in [-0.05, 0) is 47.5 Å². The van der Waals surface area contributed by atoms with Gasteiger partial charge in [0.05, 0.1) is 11.0 Å². The van der Waals surface area contributed by atoms with Crippen LogP contribution in [0.15, 0.2) is 22.9 Å². The number of pyridine rings is 1. The Morgan fingerprint density at radius 1 is 1.46 bits per heavy atom. The lowest BCUT2D eigenvalue weighted by Crippen LogP contribution is -1.90. The van der Waals surface area contributed by atoms with Crippen molar-refractivity contribution in [1.82, 2.24) is 9.55 Å². The van der Waals surface area contributed by atoms with Gasteiger partial charge in [-0.15, -0.1) is 0 Å². The highest BCUT2D eigenvalue weighted by molar-refractivity contribution is 9.10. The molecule has 0 N–H and O–H groups in total. The average molecular weight is 239 g/mol. The monoisotopic (exact) mass is 238 g/mol. The van der Waals surface area contributed by atoms with E-state index < -0.39 is 0 Å². The van der Waals surface area contributed by atoms with E-state index in [9.17, 15) is 0 Å². The normalized spacial score (nSPS) is 11.0. The summed E-state index contributed by atoms with van der Waals surface area (Å²) in [7, 11) is 0. The number of rotatable bonds is 1. The van der Waals surface area contributed by atoms with Gasteiger partial charge in [0.1, 0.15) is 4.60 Å². The molecule has 0 amide bonds. The number of hydrogen-bond acceptors (Lipinski definition) is 1. The standard InChI is InChI=1S/C10H11BrN2/c1-3-13-6-7(2)10-8(13)4-5-9(11)12-10/h4-6H,3H2,1-2H3. The molecule has 0 radical (unpaired) electrons. The SMILES string of the molecule is CCn1cc(C)c2nc(Br)ccc21. The maximum Gasteiger partial charge on any atom is 0.106 e. The third-order valence-corrected chi connectivity index (χ3v) is 2.65. The van der Waals surface area contributed by atoms with Gasteiger partial charge in [-0.3, -0.25) is 0 Å². The molecule has 68 valence electrons. The van der Waals surface area contributed by atoms with Gasteiger partial charge >= 0.3 is 0 Å². The van der Waals surface area contributed by atoms with Crippen molar-refractivity contribution in [2.45, 2.75) is 20.4 Å². The van der Waals surface area contributed by atoms with Crippen LogP contribution in [-0.2, 0) is 6.54 Å². The molecule has 0 bridgehead atoms. The van der Waals surface area contributed by atoms with E-state index in [4.69, 9.17) is 0 Å². The van der Waals surface area contributed by atoms with Crippen LogP contribution in [0.3, 0.4) is 0 Å². The summed E-state index contributed by atoms with van der Waals surface area (Å²) in [6.07, 6.45) is 2.14. The van der Waals surface area contributed by atoms with Crippen LogP contribution >= 0.6 is 15.9 Å². The number of hydrogen-bond donors (Lipinski definition) is 0. The zero-order valence-corrected chi connectivity index (χ0v) is 9.30. The lowest BCUT2D eigenvalue weighted by molar-refractivity contribution is 0.795. The fraction of sp³-hybridized carbons (Fsp3) is 0.300. The summed E-state index contributed by atoms with van der Waals surface area (Å²) in [6, 6.07) is 4.08. The Morgan fingerprint density at radius 3 is 2.92 bits per heavy atom. The molecule has 2 rings (SSSR count). The largest absolute Gasteiger partial charge is 0.346 e. The Kier molecular flexibility index (Phi) is 2.12. The topological polar surface area (TPSA) is 17.8 Å². The van der Waals surface area contributed by atoms with E-state index in [0.717, 1.165) is 16.7 Å². The van der Waals surface area contributed by atoms with Crippen molar-refractivity contribution in [3.8, 4) is 0 Å². The van der Waals surface area contributed by atoms with Gasteiger partial charge in [0.15, 0.2) is 0 Å². The van der Waals surface area contributed by atoms with E-state index in [2.05, 4.69) is 51.6 Å². The summed E-state index contributed by atoms with van der Waals surface area (Å²) in [5.74, 6) is 0. The van der Waals surface area contributed by atoms with E-state index in [1.165, 1.54) is 11.1 Å². The Hall–Kier alpha value is -0.830. The first-order valence-electron chi connectivity index (χ1n) is 4.34. The molecule has 0 saturated heterocycles. The molecule has 0 aliphatic carbocycles. The van der Waals surface area contributed by atoms with Crippen LogP contribution in [0.25, 0.3) is 11.0 Å². The van der Waals surface area contributed by atoms with E-state index >= 15 is 0 Å².